The summed E-state index contributed by atoms with van der Waals surface area (Å²) in [4.78, 5) is 0. The maximum Gasteiger partial charge on any atom is 0.143 e. The third-order valence-electron chi connectivity index (χ3n) is 17.9. The van der Waals surface area contributed by atoms with Gasteiger partial charge in [0, 0.05) is 16.3 Å². The second kappa shape index (κ2) is 20.8. The van der Waals surface area contributed by atoms with Crippen LogP contribution in [-0.4, -0.2) is 0 Å². The Labute approximate surface area is 518 Å². The molecule has 1 aromatic heterocycles. The van der Waals surface area contributed by atoms with Crippen LogP contribution in [0.25, 0.3) is 185 Å². The normalized spacial score (nSPS) is 10.9. The average Bonchev–Trinajstić information content (AvgIpc) is 1.49. The highest BCUT2D eigenvalue weighted by Crippen LogP contribution is 2.58. The first-order valence-corrected chi connectivity index (χ1v) is 29.6. The van der Waals surface area contributed by atoms with Gasteiger partial charge < -0.3 is 4.42 Å². The van der Waals surface area contributed by atoms with Crippen LogP contribution in [0, 0.1) is 107 Å². The van der Waals surface area contributed by atoms with Gasteiger partial charge >= 0.3 is 0 Å². The van der Waals surface area contributed by atoms with Crippen molar-refractivity contribution in [2.75, 3.05) is 0 Å². The van der Waals surface area contributed by atoms with Gasteiger partial charge in [-0.3, -0.25) is 0 Å². The molecule has 1 nitrogen and oxygen atoms in total. The lowest BCUT2D eigenvalue weighted by Gasteiger charge is -2.17. The first-order valence-electron chi connectivity index (χ1n) is 29.6. The molecule has 1 heteroatoms. The number of benzene rings is 14. The van der Waals surface area contributed by atoms with Gasteiger partial charge in [0.2, 0.25) is 0 Å². The van der Waals surface area contributed by atoms with Crippen molar-refractivity contribution in [2.24, 2.45) is 0 Å². The summed E-state index contributed by atoms with van der Waals surface area (Å²) in [6, 6.07) is 82.2. The van der Waals surface area contributed by atoms with Crippen LogP contribution in [0.5, 0.6) is 0 Å². The molecule has 1 aliphatic carbocycles. The number of furan rings is 1. The van der Waals surface area contributed by atoms with Gasteiger partial charge in [-0.25, -0.2) is 0 Å². The molecule has 0 bridgehead atoms. The Balaban J connectivity index is 0.000000288. The van der Waals surface area contributed by atoms with Gasteiger partial charge in [-0.15, -0.1) is 6.42 Å². The van der Waals surface area contributed by atoms with E-state index in [9.17, 15) is 0 Å². The fraction of sp³-hybridized carbons (Fsp3) is 0.0112. The van der Waals surface area contributed by atoms with E-state index >= 15 is 0 Å². The predicted octanol–water partition coefficient (Wildman–Crippen LogP) is 20.7. The summed E-state index contributed by atoms with van der Waals surface area (Å²) in [5, 5.41) is 29.1. The number of hydrogen-bond donors (Lipinski definition) is 0. The molecule has 0 N–H and O–H groups in total. The summed E-state index contributed by atoms with van der Waals surface area (Å²) >= 11 is 0. The van der Waals surface area contributed by atoms with Crippen molar-refractivity contribution in [2.45, 2.75) is 6.92 Å². The molecule has 18 rings (SSSR count). The van der Waals surface area contributed by atoms with Crippen LogP contribution in [0.2, 0.25) is 0 Å². The minimum absolute atomic E-state index is 0.923. The van der Waals surface area contributed by atoms with E-state index in [1.165, 1.54) is 158 Å². The lowest BCUT2D eigenvalue weighted by atomic mass is 9.85. The Bertz CT molecular complexity index is 6620. The zero-order valence-electron chi connectivity index (χ0n) is 48.3. The topological polar surface area (TPSA) is 13.1 Å². The van der Waals surface area contributed by atoms with Crippen LogP contribution < -0.4 is 0 Å². The molecule has 1 aliphatic rings. The Morgan fingerprint density at radius 2 is 0.678 bits per heavy atom. The van der Waals surface area contributed by atoms with Crippen LogP contribution in [0.15, 0.2) is 223 Å². The smallest absolute Gasteiger partial charge is 0.143 e. The van der Waals surface area contributed by atoms with Gasteiger partial charge in [0.1, 0.15) is 11.2 Å². The SMILES string of the molecule is C#CC#CC#CC#CC#CC#CC#CC#CC#CC.c1ccc(-c2ccccc2-c2c3ccccc3c3c4ccccc4c4c5c(cc2c34)c2ccc3c4ccc6c7c(ccc(c8ccc5c2c38)c74)-c2cc(-c3cccc4c3oc3ccccc34)ccc2-6)cc1. The highest BCUT2D eigenvalue weighted by atomic mass is 16.3. The minimum atomic E-state index is 0.923. The zero-order valence-corrected chi connectivity index (χ0v) is 48.3. The molecule has 0 fully saturated rings. The predicted molar refractivity (Wildman–Crippen MR) is 380 cm³/mol. The van der Waals surface area contributed by atoms with Gasteiger partial charge in [-0.1, -0.05) is 206 Å². The van der Waals surface area contributed by atoms with E-state index in [4.69, 9.17) is 10.8 Å². The standard InChI is InChI=1S/C70H36O.C19H4/c1-2-13-37(14-3-1)39-15-4-5-17-43(39)61-44-18-6-7-19-45(44)65-46-20-8-9-21-47(46)68-67-56-34-33-52-50-29-31-53-57-35-38(40-22-12-23-55-42-16-10-11-24-60(42)71-70(40)55)25-26-41(57)48-27-28-49(63(50)62(48)53)51-30-32-54(66(56)64(51)52)58(67)36-59(61)69(65)68;1-3-5-7-9-11-13-15-17-19-18-16-14-12-10-8-6-4-2/h1-36H;1H,2H3. The molecule has 17 aromatic rings. The molecule has 0 atom stereocenters. The van der Waals surface area contributed by atoms with Crippen LogP contribution in [0.1, 0.15) is 6.92 Å². The average molecular weight is 1130 g/mol. The van der Waals surface area contributed by atoms with Crippen molar-refractivity contribution in [3.05, 3.63) is 218 Å². The van der Waals surface area contributed by atoms with Crippen LogP contribution in [0.3, 0.4) is 0 Å². The van der Waals surface area contributed by atoms with Crippen molar-refractivity contribution in [3.8, 4) is 163 Å². The van der Waals surface area contributed by atoms with E-state index in [0.29, 0.717) is 0 Å². The summed E-state index contributed by atoms with van der Waals surface area (Å²) in [7, 11) is 0. The van der Waals surface area contributed by atoms with Crippen LogP contribution in [-0.2, 0) is 0 Å². The van der Waals surface area contributed by atoms with Crippen molar-refractivity contribution >= 4 is 130 Å². The molecular weight excluding hydrogens is 1080 g/mol. The van der Waals surface area contributed by atoms with E-state index in [1.807, 2.05) is 6.07 Å². The van der Waals surface area contributed by atoms with Crippen molar-refractivity contribution in [1.82, 2.24) is 0 Å². The van der Waals surface area contributed by atoms with Gasteiger partial charge in [0.15, 0.2) is 0 Å². The minimum Gasteiger partial charge on any atom is -0.455 e. The molecule has 402 valence electrons. The van der Waals surface area contributed by atoms with E-state index in [1.54, 1.807) is 6.92 Å². The second-order valence-electron chi connectivity index (χ2n) is 22.3. The Morgan fingerprint density at radius 3 is 1.34 bits per heavy atom. The molecule has 0 amide bonds. The summed E-state index contributed by atoms with van der Waals surface area (Å²) in [6.07, 6.45) is 4.89. The van der Waals surface area contributed by atoms with Crippen molar-refractivity contribution in [3.63, 3.8) is 0 Å². The first kappa shape index (κ1) is 51.2. The summed E-state index contributed by atoms with van der Waals surface area (Å²) < 4.78 is 6.54. The van der Waals surface area contributed by atoms with Crippen molar-refractivity contribution in [1.29, 1.82) is 0 Å². The fourth-order valence-corrected chi connectivity index (χ4v) is 14.6. The fourth-order valence-electron chi connectivity index (χ4n) is 14.6. The zero-order chi connectivity index (χ0) is 59.8. The van der Waals surface area contributed by atoms with Crippen molar-refractivity contribution < 1.29 is 4.42 Å². The number of hydrogen-bond acceptors (Lipinski definition) is 1. The second-order valence-corrected chi connectivity index (χ2v) is 22.3. The third-order valence-corrected chi connectivity index (χ3v) is 17.9. The molecule has 0 spiro atoms. The van der Waals surface area contributed by atoms with E-state index in [2.05, 4.69) is 313 Å². The summed E-state index contributed by atoms with van der Waals surface area (Å²) in [5.74, 6) is 41.9. The first-order chi connectivity index (χ1) is 44.7. The number of fused-ring (bicyclic) bond motifs is 17. The molecule has 0 radical (unpaired) electrons. The molecule has 90 heavy (non-hydrogen) atoms. The van der Waals surface area contributed by atoms with E-state index in [-0.39, 0.29) is 0 Å². The molecule has 0 saturated carbocycles. The molecule has 0 unspecified atom stereocenters. The Hall–Kier alpha value is -13.3. The Kier molecular flexibility index (Phi) is 11.8. The van der Waals surface area contributed by atoms with E-state index < -0.39 is 0 Å². The maximum absolute atomic E-state index is 6.54. The highest BCUT2D eigenvalue weighted by molar-refractivity contribution is 6.51. The molecule has 1 heterocycles. The van der Waals surface area contributed by atoms with Crippen LogP contribution in [0.4, 0.5) is 0 Å². The number of terminal acetylenes is 1. The summed E-state index contributed by atoms with van der Waals surface area (Å²) in [6.45, 7) is 1.70. The quantitative estimate of drug-likeness (QED) is 0.0976. The summed E-state index contributed by atoms with van der Waals surface area (Å²) in [5.41, 5.74) is 14.4. The van der Waals surface area contributed by atoms with E-state index in [0.717, 1.165) is 27.5 Å². The number of rotatable bonds is 3. The van der Waals surface area contributed by atoms with Gasteiger partial charge in [-0.2, -0.15) is 0 Å². The maximum atomic E-state index is 6.54. The lowest BCUT2D eigenvalue weighted by Crippen LogP contribution is -1.90. The van der Waals surface area contributed by atoms with Crippen LogP contribution >= 0.6 is 0 Å². The monoisotopic (exact) mass is 1120 g/mol. The largest absolute Gasteiger partial charge is 0.455 e. The van der Waals surface area contributed by atoms with Gasteiger partial charge in [0.25, 0.3) is 0 Å². The lowest BCUT2D eigenvalue weighted by molar-refractivity contribution is 0.670. The molecule has 0 aliphatic heterocycles. The third kappa shape index (κ3) is 7.70. The van der Waals surface area contributed by atoms with Gasteiger partial charge in [0.05, 0.1) is 0 Å². The molecule has 16 aromatic carbocycles. The highest BCUT2D eigenvalue weighted by Gasteiger charge is 2.29. The Morgan fingerprint density at radius 1 is 0.244 bits per heavy atom. The molecular formula is C89H40O. The molecule has 0 saturated heterocycles. The number of para-hydroxylation sites is 2. The van der Waals surface area contributed by atoms with Gasteiger partial charge in [-0.05, 0) is 278 Å².